The number of nitrogens with two attached hydrogens (primary N) is 1. The minimum absolute atomic E-state index is 0.00209. The molecular weight excluding hydrogens is 476 g/mol. The van der Waals surface area contributed by atoms with Gasteiger partial charge in [0.05, 0.1) is 12.5 Å². The number of carbonyl (C=O) groups is 5. The number of carbonyl (C=O) groups excluding carboxylic acids is 3. The summed E-state index contributed by atoms with van der Waals surface area (Å²) < 4.78 is 0. The third-order valence-corrected chi connectivity index (χ3v) is 5.08. The van der Waals surface area contributed by atoms with Gasteiger partial charge in [-0.2, -0.15) is 25.3 Å². The van der Waals surface area contributed by atoms with Crippen molar-refractivity contribution >= 4 is 54.9 Å². The smallest absolute Gasteiger partial charge is 0.326 e. The van der Waals surface area contributed by atoms with E-state index in [1.165, 1.54) is 24.3 Å². The molecule has 0 aliphatic carbocycles. The Morgan fingerprint density at radius 1 is 0.818 bits per heavy atom. The standard InChI is InChI=1S/C19H26N4O8S2/c20-11(6-15(25)26)16(27)22-13(7-32)18(29)23-14(8-33)17(28)21-12(19(30)31)5-9-1-3-10(24)4-2-9/h1-4,11-14,24,32-33H,5-8,20H2,(H,21,28)(H,22,27)(H,23,29)(H,25,26)(H,30,31). The highest BCUT2D eigenvalue weighted by Gasteiger charge is 2.29. The highest BCUT2D eigenvalue weighted by molar-refractivity contribution is 7.80. The lowest BCUT2D eigenvalue weighted by Gasteiger charge is -2.23. The van der Waals surface area contributed by atoms with Crippen molar-refractivity contribution in [2.24, 2.45) is 5.73 Å². The van der Waals surface area contributed by atoms with Gasteiger partial charge in [-0.3, -0.25) is 19.2 Å². The topological polar surface area (TPSA) is 208 Å². The molecule has 4 atom stereocenters. The molecule has 0 aliphatic heterocycles. The van der Waals surface area contributed by atoms with Gasteiger partial charge in [0.25, 0.3) is 0 Å². The van der Waals surface area contributed by atoms with Crippen LogP contribution in [-0.2, 0) is 30.4 Å². The van der Waals surface area contributed by atoms with Crippen LogP contribution in [0.25, 0.3) is 0 Å². The van der Waals surface area contributed by atoms with E-state index in [0.29, 0.717) is 5.56 Å². The van der Waals surface area contributed by atoms with E-state index >= 15 is 0 Å². The number of carboxylic acid groups (broad SMARTS) is 2. The molecule has 33 heavy (non-hydrogen) atoms. The average Bonchev–Trinajstić information content (AvgIpc) is 2.75. The predicted octanol–water partition coefficient (Wildman–Crippen LogP) is -1.86. The highest BCUT2D eigenvalue weighted by atomic mass is 32.1. The summed E-state index contributed by atoms with van der Waals surface area (Å²) in [5.41, 5.74) is 6.00. The largest absolute Gasteiger partial charge is 0.508 e. The van der Waals surface area contributed by atoms with E-state index in [1.807, 2.05) is 0 Å². The minimum Gasteiger partial charge on any atom is -0.508 e. The van der Waals surface area contributed by atoms with E-state index in [2.05, 4.69) is 41.2 Å². The van der Waals surface area contributed by atoms with E-state index in [9.17, 15) is 34.2 Å². The number of carboxylic acids is 2. The van der Waals surface area contributed by atoms with Crippen molar-refractivity contribution < 1.29 is 39.3 Å². The van der Waals surface area contributed by atoms with Crippen molar-refractivity contribution in [2.45, 2.75) is 37.0 Å². The third-order valence-electron chi connectivity index (χ3n) is 4.35. The maximum absolute atomic E-state index is 12.6. The van der Waals surface area contributed by atoms with Crippen LogP contribution in [0.3, 0.4) is 0 Å². The summed E-state index contributed by atoms with van der Waals surface area (Å²) in [6, 6.07) is 0.572. The van der Waals surface area contributed by atoms with Crippen LogP contribution in [0.4, 0.5) is 0 Å². The molecule has 0 aromatic heterocycles. The molecule has 0 saturated heterocycles. The van der Waals surface area contributed by atoms with Crippen LogP contribution < -0.4 is 21.7 Å². The Bertz CT molecular complexity index is 868. The first kappa shape index (κ1) is 28.1. The summed E-state index contributed by atoms with van der Waals surface area (Å²) in [7, 11) is 0. The van der Waals surface area contributed by atoms with Gasteiger partial charge in [0.2, 0.25) is 17.7 Å². The van der Waals surface area contributed by atoms with Crippen molar-refractivity contribution in [3.8, 4) is 5.75 Å². The van der Waals surface area contributed by atoms with Crippen LogP contribution in [0.5, 0.6) is 5.75 Å². The molecule has 0 fully saturated rings. The van der Waals surface area contributed by atoms with Crippen LogP contribution in [0.1, 0.15) is 12.0 Å². The summed E-state index contributed by atoms with van der Waals surface area (Å²) in [4.78, 5) is 59.3. The maximum Gasteiger partial charge on any atom is 0.326 e. The van der Waals surface area contributed by atoms with Crippen LogP contribution in [0, 0.1) is 0 Å². The first-order valence-electron chi connectivity index (χ1n) is 9.59. The molecular formula is C19H26N4O8S2. The zero-order valence-corrected chi connectivity index (χ0v) is 19.1. The number of hydrogen-bond acceptors (Lipinski definition) is 9. The van der Waals surface area contributed by atoms with Gasteiger partial charge in [0.1, 0.15) is 23.9 Å². The molecule has 0 bridgehead atoms. The fraction of sp³-hybridized carbons (Fsp3) is 0.421. The Labute approximate surface area is 200 Å². The molecule has 8 N–H and O–H groups in total. The highest BCUT2D eigenvalue weighted by Crippen LogP contribution is 2.11. The number of hydrogen-bond donors (Lipinski definition) is 9. The molecule has 0 saturated carbocycles. The maximum atomic E-state index is 12.6. The number of phenolic OH excluding ortho intramolecular Hbond substituents is 1. The molecule has 0 aliphatic rings. The minimum atomic E-state index is -1.39. The summed E-state index contributed by atoms with van der Waals surface area (Å²) in [5, 5.41) is 34.4. The Kier molecular flexibility index (Phi) is 11.5. The fourth-order valence-electron chi connectivity index (χ4n) is 2.56. The summed E-state index contributed by atoms with van der Waals surface area (Å²) >= 11 is 7.98. The quantitative estimate of drug-likeness (QED) is 0.138. The Hall–Kier alpha value is -2.97. The number of benzene rings is 1. The lowest BCUT2D eigenvalue weighted by Crippen LogP contribution is -2.58. The molecule has 1 aromatic carbocycles. The van der Waals surface area contributed by atoms with E-state index in [-0.39, 0.29) is 23.7 Å². The number of rotatable bonds is 13. The number of amides is 3. The zero-order valence-electron chi connectivity index (χ0n) is 17.3. The Morgan fingerprint density at radius 3 is 1.70 bits per heavy atom. The van der Waals surface area contributed by atoms with Gasteiger partial charge in [-0.15, -0.1) is 0 Å². The normalized spacial score (nSPS) is 14.3. The van der Waals surface area contributed by atoms with Crippen molar-refractivity contribution in [3.63, 3.8) is 0 Å². The van der Waals surface area contributed by atoms with Crippen LogP contribution in [-0.4, -0.2) is 80.7 Å². The number of thiol groups is 2. The van der Waals surface area contributed by atoms with Crippen molar-refractivity contribution in [1.29, 1.82) is 0 Å². The van der Waals surface area contributed by atoms with Gasteiger partial charge < -0.3 is 37.0 Å². The van der Waals surface area contributed by atoms with Gasteiger partial charge in [-0.25, -0.2) is 4.79 Å². The lowest BCUT2D eigenvalue weighted by atomic mass is 10.1. The SMILES string of the molecule is NC(CC(=O)O)C(=O)NC(CS)C(=O)NC(CS)C(=O)NC(Cc1ccc(O)cc1)C(=O)O. The van der Waals surface area contributed by atoms with Crippen LogP contribution in [0.15, 0.2) is 24.3 Å². The predicted molar refractivity (Wildman–Crippen MR) is 123 cm³/mol. The van der Waals surface area contributed by atoms with E-state index < -0.39 is 60.2 Å². The van der Waals surface area contributed by atoms with Gasteiger partial charge >= 0.3 is 11.9 Å². The molecule has 0 heterocycles. The number of aromatic hydroxyl groups is 1. The van der Waals surface area contributed by atoms with E-state index in [4.69, 9.17) is 10.8 Å². The zero-order chi connectivity index (χ0) is 25.1. The average molecular weight is 503 g/mol. The van der Waals surface area contributed by atoms with Crippen LogP contribution >= 0.6 is 25.3 Å². The Morgan fingerprint density at radius 2 is 1.27 bits per heavy atom. The van der Waals surface area contributed by atoms with Crippen molar-refractivity contribution in [2.75, 3.05) is 11.5 Å². The number of aliphatic carboxylic acids is 2. The molecule has 0 radical (unpaired) electrons. The molecule has 4 unspecified atom stereocenters. The van der Waals surface area contributed by atoms with Crippen molar-refractivity contribution in [1.82, 2.24) is 16.0 Å². The lowest BCUT2D eigenvalue weighted by molar-refractivity contribution is -0.142. The molecule has 1 rings (SSSR count). The number of phenols is 1. The molecule has 3 amide bonds. The summed E-state index contributed by atoms with van der Waals surface area (Å²) in [6.45, 7) is 0. The molecule has 14 heteroatoms. The molecule has 12 nitrogen and oxygen atoms in total. The molecule has 0 spiro atoms. The van der Waals surface area contributed by atoms with Gasteiger partial charge in [-0.1, -0.05) is 12.1 Å². The number of nitrogens with one attached hydrogen (secondary N) is 3. The monoisotopic (exact) mass is 502 g/mol. The first-order valence-corrected chi connectivity index (χ1v) is 10.9. The molecule has 182 valence electrons. The van der Waals surface area contributed by atoms with Gasteiger partial charge in [0.15, 0.2) is 0 Å². The Balaban J connectivity index is 2.78. The van der Waals surface area contributed by atoms with Crippen LogP contribution in [0.2, 0.25) is 0 Å². The van der Waals surface area contributed by atoms with E-state index in [1.54, 1.807) is 0 Å². The second kappa shape index (κ2) is 13.5. The second-order valence-corrected chi connectivity index (χ2v) is 7.69. The summed E-state index contributed by atoms with van der Waals surface area (Å²) in [5.74, 6) is -5.51. The summed E-state index contributed by atoms with van der Waals surface area (Å²) in [6.07, 6.45) is -0.725. The van der Waals surface area contributed by atoms with Gasteiger partial charge in [-0.05, 0) is 17.7 Å². The van der Waals surface area contributed by atoms with Crippen molar-refractivity contribution in [3.05, 3.63) is 29.8 Å². The van der Waals surface area contributed by atoms with E-state index in [0.717, 1.165) is 0 Å². The fourth-order valence-corrected chi connectivity index (χ4v) is 3.07. The molecule has 1 aromatic rings. The first-order chi connectivity index (χ1) is 15.5. The van der Waals surface area contributed by atoms with Gasteiger partial charge in [0, 0.05) is 17.9 Å². The second-order valence-electron chi connectivity index (χ2n) is 6.96. The third kappa shape index (κ3) is 9.59.